The third-order valence-corrected chi connectivity index (χ3v) is 3.11. The lowest BCUT2D eigenvalue weighted by atomic mass is 10.2. The molecule has 0 unspecified atom stereocenters. The zero-order valence-corrected chi connectivity index (χ0v) is 12.6. The number of nitrogens with one attached hydrogen (secondary N) is 1. The fraction of sp³-hybridized carbons (Fsp3) is 0.0588. The molecule has 0 aliphatic carbocycles. The van der Waals surface area contributed by atoms with E-state index >= 15 is 0 Å². The van der Waals surface area contributed by atoms with Gasteiger partial charge in [-0.15, -0.1) is 0 Å². The minimum atomic E-state index is -0.489. The van der Waals surface area contributed by atoms with Crippen molar-refractivity contribution in [1.29, 1.82) is 5.26 Å². The molecule has 1 aromatic heterocycles. The summed E-state index contributed by atoms with van der Waals surface area (Å²) < 4.78 is 5.12. The van der Waals surface area contributed by atoms with Crippen molar-refractivity contribution >= 4 is 29.3 Å². The average molecular weight is 313 g/mol. The number of allylic oxidation sites excluding steroid dienone is 2. The molecule has 0 aliphatic heterocycles. The molecule has 0 saturated heterocycles. The van der Waals surface area contributed by atoms with Crippen molar-refractivity contribution in [2.45, 2.75) is 6.92 Å². The van der Waals surface area contributed by atoms with E-state index in [4.69, 9.17) is 21.3 Å². The zero-order chi connectivity index (χ0) is 15.9. The Labute approximate surface area is 133 Å². The summed E-state index contributed by atoms with van der Waals surface area (Å²) in [4.78, 5) is 12.1. The summed E-state index contributed by atoms with van der Waals surface area (Å²) in [6.45, 7) is 1.85. The van der Waals surface area contributed by atoms with Crippen LogP contribution in [-0.2, 0) is 4.79 Å². The van der Waals surface area contributed by atoms with Crippen LogP contribution >= 0.6 is 11.6 Å². The van der Waals surface area contributed by atoms with E-state index in [0.29, 0.717) is 16.5 Å². The van der Waals surface area contributed by atoms with E-state index in [1.807, 2.05) is 13.0 Å². The normalized spacial score (nSPS) is 11.4. The van der Waals surface area contributed by atoms with Crippen LogP contribution in [0, 0.1) is 18.3 Å². The lowest BCUT2D eigenvalue weighted by Gasteiger charge is -2.07. The number of aryl methyl sites for hydroxylation is 1. The highest BCUT2D eigenvalue weighted by molar-refractivity contribution is 6.31. The van der Waals surface area contributed by atoms with Crippen molar-refractivity contribution in [1.82, 2.24) is 0 Å². The van der Waals surface area contributed by atoms with Gasteiger partial charge >= 0.3 is 0 Å². The predicted octanol–water partition coefficient (Wildman–Crippen LogP) is 4.34. The number of halogens is 1. The molecule has 0 spiro atoms. The van der Waals surface area contributed by atoms with E-state index < -0.39 is 5.91 Å². The largest absolute Gasteiger partial charge is 0.465 e. The van der Waals surface area contributed by atoms with E-state index in [0.717, 1.165) is 5.56 Å². The number of hydrogen-bond acceptors (Lipinski definition) is 3. The Morgan fingerprint density at radius 2 is 2.23 bits per heavy atom. The Bertz CT molecular complexity index is 768. The van der Waals surface area contributed by atoms with Crippen molar-refractivity contribution in [2.24, 2.45) is 0 Å². The molecule has 1 N–H and O–H groups in total. The minimum absolute atomic E-state index is 0.0119. The number of benzene rings is 1. The molecular formula is C17H13ClN2O2. The molecule has 1 aromatic carbocycles. The van der Waals surface area contributed by atoms with Crippen LogP contribution < -0.4 is 5.32 Å². The Kier molecular flexibility index (Phi) is 5.18. The quantitative estimate of drug-likeness (QED) is 0.518. The number of hydrogen-bond donors (Lipinski definition) is 1. The van der Waals surface area contributed by atoms with Crippen molar-refractivity contribution in [2.75, 3.05) is 5.32 Å². The Morgan fingerprint density at radius 1 is 1.41 bits per heavy atom. The van der Waals surface area contributed by atoms with Crippen LogP contribution in [-0.4, -0.2) is 5.91 Å². The summed E-state index contributed by atoms with van der Waals surface area (Å²) in [5.41, 5.74) is 1.43. The van der Waals surface area contributed by atoms with Crippen LogP contribution in [0.25, 0.3) is 6.08 Å². The molecule has 0 bridgehead atoms. The summed E-state index contributed by atoms with van der Waals surface area (Å²) in [7, 11) is 0. The fourth-order valence-electron chi connectivity index (χ4n) is 1.71. The van der Waals surface area contributed by atoms with Gasteiger partial charge < -0.3 is 9.73 Å². The summed E-state index contributed by atoms with van der Waals surface area (Å²) in [6.07, 6.45) is 6.22. The van der Waals surface area contributed by atoms with Crippen molar-refractivity contribution in [3.05, 3.63) is 70.7 Å². The lowest BCUT2D eigenvalue weighted by molar-refractivity contribution is -0.112. The summed E-state index contributed by atoms with van der Waals surface area (Å²) in [6, 6.07) is 10.6. The highest BCUT2D eigenvalue weighted by Crippen LogP contribution is 2.20. The van der Waals surface area contributed by atoms with Crippen molar-refractivity contribution < 1.29 is 9.21 Å². The van der Waals surface area contributed by atoms with Crippen molar-refractivity contribution in [3.8, 4) is 6.07 Å². The number of carbonyl (C=O) groups excluding carboxylic acids is 1. The van der Waals surface area contributed by atoms with Gasteiger partial charge in [0, 0.05) is 10.7 Å². The third kappa shape index (κ3) is 4.11. The molecule has 0 aliphatic rings. The van der Waals surface area contributed by atoms with Gasteiger partial charge in [0.25, 0.3) is 5.91 Å². The third-order valence-electron chi connectivity index (χ3n) is 2.88. The minimum Gasteiger partial charge on any atom is -0.465 e. The van der Waals surface area contributed by atoms with E-state index in [1.54, 1.807) is 48.7 Å². The number of nitriles is 1. The molecule has 0 atom stereocenters. The number of rotatable bonds is 4. The monoisotopic (exact) mass is 312 g/mol. The number of amides is 1. The standard InChI is InChI=1S/C17H13ClN2O2/c1-12-7-8-14(18)10-16(12)20-17(21)13(11-19)4-2-5-15-6-3-9-22-15/h2-10H,1H3,(H,20,21)/b5-2+,13-4+. The van der Waals surface area contributed by atoms with Crippen LogP contribution in [0.15, 0.2) is 58.7 Å². The average Bonchev–Trinajstić information content (AvgIpc) is 3.00. The van der Waals surface area contributed by atoms with Crippen LogP contribution in [0.1, 0.15) is 11.3 Å². The highest BCUT2D eigenvalue weighted by atomic mass is 35.5. The first-order valence-corrected chi connectivity index (χ1v) is 6.87. The van der Waals surface area contributed by atoms with Gasteiger partial charge in [0.2, 0.25) is 0 Å². The molecule has 4 nitrogen and oxygen atoms in total. The summed E-state index contributed by atoms with van der Waals surface area (Å²) in [5.74, 6) is 0.150. The molecule has 5 heteroatoms. The van der Waals surface area contributed by atoms with Gasteiger partial charge in [0.05, 0.1) is 6.26 Å². The molecule has 2 rings (SSSR count). The number of furan rings is 1. The van der Waals surface area contributed by atoms with E-state index in [2.05, 4.69) is 5.32 Å². The first kappa shape index (κ1) is 15.6. The smallest absolute Gasteiger partial charge is 0.266 e. The Hall–Kier alpha value is -2.77. The molecule has 2 aromatic rings. The maximum absolute atomic E-state index is 12.1. The Morgan fingerprint density at radius 3 is 2.91 bits per heavy atom. The second-order valence-electron chi connectivity index (χ2n) is 4.48. The number of carbonyl (C=O) groups is 1. The zero-order valence-electron chi connectivity index (χ0n) is 11.8. The molecule has 110 valence electrons. The highest BCUT2D eigenvalue weighted by Gasteiger charge is 2.10. The topological polar surface area (TPSA) is 66.0 Å². The number of nitrogens with zero attached hydrogens (tertiary/aromatic N) is 1. The van der Waals surface area contributed by atoms with Gasteiger partial charge in [-0.2, -0.15) is 5.26 Å². The van der Waals surface area contributed by atoms with E-state index in [1.165, 1.54) is 6.08 Å². The van der Waals surface area contributed by atoms with Crippen LogP contribution in [0.5, 0.6) is 0 Å². The number of anilines is 1. The maximum Gasteiger partial charge on any atom is 0.266 e. The SMILES string of the molecule is Cc1ccc(Cl)cc1NC(=O)/C(C#N)=C/C=C/c1ccco1. The second-order valence-corrected chi connectivity index (χ2v) is 4.92. The molecule has 0 saturated carbocycles. The van der Waals surface area contributed by atoms with Gasteiger partial charge in [-0.3, -0.25) is 4.79 Å². The molecule has 22 heavy (non-hydrogen) atoms. The van der Waals surface area contributed by atoms with Gasteiger partial charge in [0.15, 0.2) is 0 Å². The van der Waals surface area contributed by atoms with Gasteiger partial charge in [-0.05, 0) is 48.9 Å². The first-order valence-electron chi connectivity index (χ1n) is 6.49. The second kappa shape index (κ2) is 7.30. The van der Waals surface area contributed by atoms with Gasteiger partial charge in [0.1, 0.15) is 17.4 Å². The molecule has 1 heterocycles. The van der Waals surface area contributed by atoms with Gasteiger partial charge in [-0.1, -0.05) is 23.7 Å². The maximum atomic E-state index is 12.1. The van der Waals surface area contributed by atoms with Gasteiger partial charge in [-0.25, -0.2) is 0 Å². The van der Waals surface area contributed by atoms with Crippen LogP contribution in [0.2, 0.25) is 5.02 Å². The van der Waals surface area contributed by atoms with Crippen LogP contribution in [0.4, 0.5) is 5.69 Å². The molecule has 0 fully saturated rings. The van der Waals surface area contributed by atoms with Crippen molar-refractivity contribution in [3.63, 3.8) is 0 Å². The van der Waals surface area contributed by atoms with E-state index in [-0.39, 0.29) is 5.57 Å². The molecule has 1 amide bonds. The summed E-state index contributed by atoms with van der Waals surface area (Å²) in [5, 5.41) is 12.3. The fourth-order valence-corrected chi connectivity index (χ4v) is 1.88. The van der Waals surface area contributed by atoms with E-state index in [9.17, 15) is 4.79 Å². The predicted molar refractivity (Wildman–Crippen MR) is 86.3 cm³/mol. The lowest BCUT2D eigenvalue weighted by Crippen LogP contribution is -2.14. The first-order chi connectivity index (χ1) is 10.6. The Balaban J connectivity index is 2.12. The molecule has 0 radical (unpaired) electrons. The van der Waals surface area contributed by atoms with Crippen LogP contribution in [0.3, 0.4) is 0 Å². The molecular weight excluding hydrogens is 300 g/mol. The summed E-state index contributed by atoms with van der Waals surface area (Å²) >= 11 is 5.90.